The Bertz CT molecular complexity index is 364. The van der Waals surface area contributed by atoms with Crippen LogP contribution in [0.25, 0.3) is 0 Å². The number of hydrogen-bond donors (Lipinski definition) is 0. The van der Waals surface area contributed by atoms with Gasteiger partial charge < -0.3 is 0 Å². The van der Waals surface area contributed by atoms with E-state index in [0.29, 0.717) is 0 Å². The summed E-state index contributed by atoms with van der Waals surface area (Å²) in [6.07, 6.45) is 0. The number of sulfone groups is 1. The average Bonchev–Trinajstić information content (AvgIpc) is 2.36. The van der Waals surface area contributed by atoms with Gasteiger partial charge >= 0.3 is 0 Å². The zero-order chi connectivity index (χ0) is 8.48. The van der Waals surface area contributed by atoms with Gasteiger partial charge in [-0.15, -0.1) is 11.3 Å². The van der Waals surface area contributed by atoms with E-state index in [-0.39, 0.29) is 4.34 Å². The lowest BCUT2D eigenvalue weighted by Gasteiger charge is -1.87. The van der Waals surface area contributed by atoms with Gasteiger partial charge in [0.1, 0.15) is 0 Å². The highest BCUT2D eigenvalue weighted by molar-refractivity contribution is 7.96. The van der Waals surface area contributed by atoms with E-state index in [0.717, 1.165) is 22.4 Å². The Labute approximate surface area is 69.3 Å². The van der Waals surface area contributed by atoms with Crippen LogP contribution in [0.15, 0.2) is 21.7 Å². The average molecular weight is 189 g/mol. The number of nitrogens with zero attached hydrogens (tertiary/aromatic N) is 1. The third kappa shape index (κ3) is 1.66. The lowest BCUT2D eigenvalue weighted by molar-refractivity contribution is 0.603. The number of thiazole rings is 1. The molecule has 1 aromatic rings. The van der Waals surface area contributed by atoms with Crippen molar-refractivity contribution < 1.29 is 8.42 Å². The number of aromatic nitrogens is 1. The van der Waals surface area contributed by atoms with Crippen molar-refractivity contribution in [2.75, 3.05) is 0 Å². The van der Waals surface area contributed by atoms with E-state index >= 15 is 0 Å². The third-order valence-electron chi connectivity index (χ3n) is 1.06. The van der Waals surface area contributed by atoms with Crippen LogP contribution in [0.1, 0.15) is 5.69 Å². The van der Waals surface area contributed by atoms with E-state index in [1.54, 1.807) is 12.3 Å². The summed E-state index contributed by atoms with van der Waals surface area (Å²) in [4.78, 5) is 3.81. The van der Waals surface area contributed by atoms with Gasteiger partial charge in [0.2, 0.25) is 14.2 Å². The monoisotopic (exact) mass is 189 g/mol. The number of aryl methyl sites for hydroxylation is 1. The van der Waals surface area contributed by atoms with Crippen molar-refractivity contribution in [2.45, 2.75) is 11.3 Å². The van der Waals surface area contributed by atoms with Gasteiger partial charge in [-0.25, -0.2) is 13.4 Å². The molecule has 0 aromatic carbocycles. The van der Waals surface area contributed by atoms with E-state index < -0.39 is 9.84 Å². The Hall–Kier alpha value is -0.680. The second kappa shape index (κ2) is 2.75. The summed E-state index contributed by atoms with van der Waals surface area (Å²) in [5, 5.41) is 2.60. The number of rotatable bonds is 2. The molecule has 0 N–H and O–H groups in total. The third-order valence-corrected chi connectivity index (χ3v) is 3.82. The van der Waals surface area contributed by atoms with Gasteiger partial charge in [-0.1, -0.05) is 6.58 Å². The molecule has 0 aliphatic rings. The molecule has 0 aliphatic heterocycles. The molecule has 0 radical (unpaired) electrons. The van der Waals surface area contributed by atoms with Gasteiger partial charge in [-0.3, -0.25) is 0 Å². The number of hydrogen-bond acceptors (Lipinski definition) is 4. The molecule has 0 atom stereocenters. The molecule has 0 amide bonds. The molecule has 0 unspecified atom stereocenters. The Morgan fingerprint density at radius 3 is 2.73 bits per heavy atom. The summed E-state index contributed by atoms with van der Waals surface area (Å²) in [5.41, 5.74) is 0.718. The fourth-order valence-electron chi connectivity index (χ4n) is 0.534. The Balaban J connectivity index is 3.23. The van der Waals surface area contributed by atoms with Crippen molar-refractivity contribution in [1.29, 1.82) is 0 Å². The van der Waals surface area contributed by atoms with Crippen LogP contribution in [0.4, 0.5) is 0 Å². The maximum Gasteiger partial charge on any atom is 0.226 e. The Morgan fingerprint density at radius 1 is 1.73 bits per heavy atom. The molecule has 0 fully saturated rings. The van der Waals surface area contributed by atoms with Crippen LogP contribution in [-0.2, 0) is 9.84 Å². The molecule has 1 aromatic heterocycles. The summed E-state index contributed by atoms with van der Waals surface area (Å²) in [6.45, 7) is 4.95. The molecule has 1 heterocycles. The highest BCUT2D eigenvalue weighted by Crippen LogP contribution is 2.16. The van der Waals surface area contributed by atoms with Crippen molar-refractivity contribution >= 4 is 21.2 Å². The van der Waals surface area contributed by atoms with Crippen LogP contribution in [0.3, 0.4) is 0 Å². The molecule has 0 aliphatic carbocycles. The van der Waals surface area contributed by atoms with E-state index in [1.165, 1.54) is 0 Å². The standard InChI is InChI=1S/C6H7NO2S2/c1-3-11(8,9)6-7-5(2)4-10-6/h3-4H,1H2,2H3. The topological polar surface area (TPSA) is 47.0 Å². The molecule has 60 valence electrons. The molecule has 0 saturated heterocycles. The summed E-state index contributed by atoms with van der Waals surface area (Å²) >= 11 is 1.11. The molecular formula is C6H7NO2S2. The van der Waals surface area contributed by atoms with Crippen LogP contribution < -0.4 is 0 Å². The van der Waals surface area contributed by atoms with Gasteiger partial charge in [-0.05, 0) is 6.92 Å². The summed E-state index contributed by atoms with van der Waals surface area (Å²) in [6, 6.07) is 0. The largest absolute Gasteiger partial charge is 0.230 e. The SMILES string of the molecule is C=CS(=O)(=O)c1nc(C)cs1. The Morgan fingerprint density at radius 2 is 2.36 bits per heavy atom. The van der Waals surface area contributed by atoms with E-state index in [4.69, 9.17) is 0 Å². The first-order chi connectivity index (χ1) is 5.06. The van der Waals surface area contributed by atoms with Crippen molar-refractivity contribution in [3.63, 3.8) is 0 Å². The lowest BCUT2D eigenvalue weighted by Crippen LogP contribution is -1.93. The molecule has 0 bridgehead atoms. The highest BCUT2D eigenvalue weighted by atomic mass is 32.2. The van der Waals surface area contributed by atoms with Gasteiger partial charge in [0, 0.05) is 16.5 Å². The predicted octanol–water partition coefficient (Wildman–Crippen LogP) is 1.37. The van der Waals surface area contributed by atoms with E-state index in [1.807, 2.05) is 0 Å². The molecule has 1 rings (SSSR count). The molecular weight excluding hydrogens is 182 g/mol. The second-order valence-electron chi connectivity index (χ2n) is 1.97. The van der Waals surface area contributed by atoms with Crippen LogP contribution in [0.5, 0.6) is 0 Å². The van der Waals surface area contributed by atoms with Gasteiger partial charge in [0.25, 0.3) is 0 Å². The molecule has 5 heteroatoms. The minimum Gasteiger partial charge on any atom is -0.230 e. The van der Waals surface area contributed by atoms with Crippen LogP contribution in [-0.4, -0.2) is 13.4 Å². The predicted molar refractivity (Wildman–Crippen MR) is 44.2 cm³/mol. The smallest absolute Gasteiger partial charge is 0.226 e. The molecule has 3 nitrogen and oxygen atoms in total. The minimum atomic E-state index is -3.31. The van der Waals surface area contributed by atoms with Crippen molar-refractivity contribution in [2.24, 2.45) is 0 Å². The molecule has 11 heavy (non-hydrogen) atoms. The summed E-state index contributed by atoms with van der Waals surface area (Å²) in [5.74, 6) is 0. The molecule has 0 spiro atoms. The summed E-state index contributed by atoms with van der Waals surface area (Å²) < 4.78 is 22.2. The van der Waals surface area contributed by atoms with Crippen molar-refractivity contribution in [1.82, 2.24) is 4.98 Å². The first kappa shape index (κ1) is 8.42. The zero-order valence-corrected chi connectivity index (χ0v) is 7.58. The van der Waals surface area contributed by atoms with Gasteiger partial charge in [0.05, 0.1) is 0 Å². The van der Waals surface area contributed by atoms with Crippen LogP contribution >= 0.6 is 11.3 Å². The maximum absolute atomic E-state index is 11.0. The zero-order valence-electron chi connectivity index (χ0n) is 5.94. The highest BCUT2D eigenvalue weighted by Gasteiger charge is 2.12. The Kier molecular flexibility index (Phi) is 2.10. The van der Waals surface area contributed by atoms with E-state index in [9.17, 15) is 8.42 Å². The molecule has 0 saturated carbocycles. The van der Waals surface area contributed by atoms with Crippen molar-refractivity contribution in [3.05, 3.63) is 23.1 Å². The van der Waals surface area contributed by atoms with Gasteiger partial charge in [-0.2, -0.15) is 0 Å². The summed E-state index contributed by atoms with van der Waals surface area (Å²) in [7, 11) is -3.31. The normalized spacial score (nSPS) is 11.4. The lowest BCUT2D eigenvalue weighted by atomic mass is 10.6. The van der Waals surface area contributed by atoms with Crippen LogP contribution in [0, 0.1) is 6.92 Å². The maximum atomic E-state index is 11.0. The quantitative estimate of drug-likeness (QED) is 0.706. The first-order valence-electron chi connectivity index (χ1n) is 2.86. The van der Waals surface area contributed by atoms with Crippen LogP contribution in [0.2, 0.25) is 0 Å². The fraction of sp³-hybridized carbons (Fsp3) is 0.167. The fourth-order valence-corrected chi connectivity index (χ4v) is 2.35. The first-order valence-corrected chi connectivity index (χ1v) is 5.28. The van der Waals surface area contributed by atoms with Gasteiger partial charge in [0.15, 0.2) is 0 Å². The van der Waals surface area contributed by atoms with E-state index in [2.05, 4.69) is 11.6 Å². The van der Waals surface area contributed by atoms with Crippen molar-refractivity contribution in [3.8, 4) is 0 Å². The minimum absolute atomic E-state index is 0.116. The second-order valence-corrected chi connectivity index (χ2v) is 4.89.